The van der Waals surface area contributed by atoms with E-state index in [1.165, 1.54) is 18.2 Å². The Bertz CT molecular complexity index is 1290. The van der Waals surface area contributed by atoms with Crippen molar-refractivity contribution in [3.63, 3.8) is 0 Å². The smallest absolute Gasteiger partial charge is 0.279 e. The fourth-order valence-corrected chi connectivity index (χ4v) is 3.92. The Morgan fingerprint density at radius 2 is 2.07 bits per heavy atom. The van der Waals surface area contributed by atoms with Gasteiger partial charge in [-0.15, -0.1) is 0 Å². The van der Waals surface area contributed by atoms with E-state index in [1.54, 1.807) is 18.2 Å². The van der Waals surface area contributed by atoms with Gasteiger partial charge in [0, 0.05) is 28.1 Å². The lowest BCUT2D eigenvalue weighted by Gasteiger charge is -2.07. The highest BCUT2D eigenvalue weighted by atomic mass is 35.5. The van der Waals surface area contributed by atoms with E-state index in [9.17, 15) is 20.0 Å². The third kappa shape index (κ3) is 3.00. The van der Waals surface area contributed by atoms with Gasteiger partial charge < -0.3 is 10.4 Å². The number of halogens is 1. The number of aromatic hydroxyl groups is 1. The number of non-ortho nitro benzene ring substituents is 1. The molecule has 2 N–H and O–H groups in total. The first-order chi connectivity index (χ1) is 13.3. The molecule has 0 radical (unpaired) electrons. The third-order valence-electron chi connectivity index (χ3n) is 4.24. The topological polar surface area (TPSA) is 118 Å². The number of amides is 1. The maximum atomic E-state index is 12.4. The van der Waals surface area contributed by atoms with E-state index in [2.05, 4.69) is 15.3 Å². The third-order valence-corrected chi connectivity index (χ3v) is 5.63. The lowest BCUT2D eigenvalue weighted by atomic mass is 10.1. The van der Waals surface area contributed by atoms with Crippen LogP contribution < -0.4 is 15.9 Å². The summed E-state index contributed by atoms with van der Waals surface area (Å²) in [4.78, 5) is 31.0. The van der Waals surface area contributed by atoms with Crippen molar-refractivity contribution < 1.29 is 14.8 Å². The molecule has 140 valence electrons. The van der Waals surface area contributed by atoms with Gasteiger partial charge in [0.1, 0.15) is 4.88 Å². The molecule has 1 amide bonds. The van der Waals surface area contributed by atoms with E-state index in [0.717, 1.165) is 16.9 Å². The fourth-order valence-electron chi connectivity index (χ4n) is 2.82. The molecule has 8 nitrogen and oxygen atoms in total. The van der Waals surface area contributed by atoms with Crippen LogP contribution in [0.4, 0.5) is 16.5 Å². The summed E-state index contributed by atoms with van der Waals surface area (Å²) in [5.41, 5.74) is 1.43. The summed E-state index contributed by atoms with van der Waals surface area (Å²) in [6.45, 7) is 1.84. The number of hydrogen-bond acceptors (Lipinski definition) is 7. The molecule has 3 aromatic rings. The summed E-state index contributed by atoms with van der Waals surface area (Å²) in [5, 5.41) is 26.0. The Morgan fingerprint density at radius 1 is 1.29 bits per heavy atom. The van der Waals surface area contributed by atoms with Crippen LogP contribution in [0.3, 0.4) is 0 Å². The molecule has 10 heteroatoms. The molecular formula is C18H11ClN4O4S. The molecule has 2 aromatic carbocycles. The van der Waals surface area contributed by atoms with Gasteiger partial charge in [-0.25, -0.2) is 4.99 Å². The minimum absolute atomic E-state index is 0.0876. The molecule has 0 fully saturated rings. The number of rotatable bonds is 4. The van der Waals surface area contributed by atoms with Gasteiger partial charge in [-0.2, -0.15) is 4.98 Å². The van der Waals surface area contributed by atoms with E-state index in [0.29, 0.717) is 26.4 Å². The fraction of sp³-hybridized carbons (Fsp3) is 0.0556. The highest BCUT2D eigenvalue weighted by molar-refractivity contribution is 7.17. The number of nitrogens with zero attached hydrogens (tertiary/aromatic N) is 3. The predicted octanol–water partition coefficient (Wildman–Crippen LogP) is 2.82. The molecule has 4 rings (SSSR count). The van der Waals surface area contributed by atoms with Crippen molar-refractivity contribution in [3.05, 3.63) is 72.6 Å². The summed E-state index contributed by atoms with van der Waals surface area (Å²) in [6, 6.07) is 9.29. The summed E-state index contributed by atoms with van der Waals surface area (Å²) in [6.07, 6.45) is 0. The van der Waals surface area contributed by atoms with Gasteiger partial charge in [0.2, 0.25) is 5.88 Å². The molecule has 1 aromatic heterocycles. The highest BCUT2D eigenvalue weighted by Gasteiger charge is 2.26. The summed E-state index contributed by atoms with van der Waals surface area (Å²) in [5.74, 6) is -0.940. The Balaban J connectivity index is 1.82. The zero-order chi connectivity index (χ0) is 20.0. The number of nitro groups is 1. The normalized spacial score (nSPS) is 12.6. The zero-order valence-corrected chi connectivity index (χ0v) is 15.8. The Labute approximate surface area is 166 Å². The zero-order valence-electron chi connectivity index (χ0n) is 14.3. The number of hydrogen-bond donors (Lipinski definition) is 2. The van der Waals surface area contributed by atoms with Crippen molar-refractivity contribution >= 4 is 50.9 Å². The maximum absolute atomic E-state index is 12.4. The molecule has 0 saturated heterocycles. The van der Waals surface area contributed by atoms with Crippen molar-refractivity contribution in [2.24, 2.45) is 4.99 Å². The molecule has 0 spiro atoms. The first-order valence-corrected chi connectivity index (χ1v) is 9.18. The summed E-state index contributed by atoms with van der Waals surface area (Å²) < 4.78 is 0. The predicted molar refractivity (Wildman–Crippen MR) is 105 cm³/mol. The molecular weight excluding hydrogens is 404 g/mol. The quantitative estimate of drug-likeness (QED) is 0.500. The minimum Gasteiger partial charge on any atom is -0.492 e. The number of fused-ring (bicyclic) bond motifs is 1. The van der Waals surface area contributed by atoms with Crippen molar-refractivity contribution in [3.8, 4) is 5.88 Å². The van der Waals surface area contributed by atoms with Crippen molar-refractivity contribution in [2.75, 3.05) is 5.32 Å². The molecule has 0 atom stereocenters. The molecule has 0 bridgehead atoms. The van der Waals surface area contributed by atoms with Gasteiger partial charge in [-0.3, -0.25) is 14.9 Å². The first-order valence-electron chi connectivity index (χ1n) is 7.99. The molecule has 28 heavy (non-hydrogen) atoms. The minimum atomic E-state index is -0.583. The van der Waals surface area contributed by atoms with Crippen LogP contribution in [0.2, 0.25) is 5.02 Å². The number of thiazole rings is 1. The second-order valence-corrected chi connectivity index (χ2v) is 7.37. The summed E-state index contributed by atoms with van der Waals surface area (Å²) in [7, 11) is 0. The number of anilines is 2. The largest absolute Gasteiger partial charge is 0.492 e. The van der Waals surface area contributed by atoms with Crippen LogP contribution in [-0.4, -0.2) is 20.9 Å². The number of aromatic nitrogens is 1. The van der Waals surface area contributed by atoms with E-state index in [1.807, 2.05) is 6.92 Å². The van der Waals surface area contributed by atoms with Gasteiger partial charge in [-0.1, -0.05) is 29.0 Å². The average Bonchev–Trinajstić information content (AvgIpc) is 3.16. The Kier molecular flexibility index (Phi) is 4.33. The standard InChI is InChI=1S/C18H11ClN4O4S/c1-8-11(19)3-2-4-12(8)21-18-22-17(25)15(28-18)14-10-7-9(23(26)27)5-6-13(10)20-16(14)24/h2-7,25H,1H3,(H,21,22). The molecule has 0 saturated carbocycles. The number of carbonyl (C=O) groups excluding carboxylic acids is 1. The van der Waals surface area contributed by atoms with E-state index in [-0.39, 0.29) is 22.0 Å². The lowest BCUT2D eigenvalue weighted by Crippen LogP contribution is -2.23. The van der Waals surface area contributed by atoms with E-state index >= 15 is 0 Å². The van der Waals surface area contributed by atoms with E-state index in [4.69, 9.17) is 11.6 Å². The molecule has 0 unspecified atom stereocenters. The van der Waals surface area contributed by atoms with Crippen LogP contribution in [0.5, 0.6) is 5.88 Å². The number of nitro benzene ring substituents is 1. The van der Waals surface area contributed by atoms with Gasteiger partial charge in [0.05, 0.1) is 15.9 Å². The van der Waals surface area contributed by atoms with E-state index < -0.39 is 10.8 Å². The number of nitrogens with one attached hydrogen (secondary N) is 1. The van der Waals surface area contributed by atoms with Gasteiger partial charge in [0.15, 0.2) is 5.13 Å². The van der Waals surface area contributed by atoms with Gasteiger partial charge in [0.25, 0.3) is 11.6 Å². The molecule has 0 aliphatic carbocycles. The van der Waals surface area contributed by atoms with Gasteiger partial charge >= 0.3 is 0 Å². The molecule has 2 heterocycles. The van der Waals surface area contributed by atoms with Crippen LogP contribution in [0.15, 0.2) is 41.4 Å². The number of carbonyl (C=O) groups is 1. The number of benzene rings is 2. The lowest BCUT2D eigenvalue weighted by molar-refractivity contribution is -0.385. The van der Waals surface area contributed by atoms with Crippen LogP contribution in [-0.2, 0) is 4.79 Å². The van der Waals surface area contributed by atoms with Crippen LogP contribution in [0.25, 0.3) is 5.57 Å². The second kappa shape index (κ2) is 6.70. The average molecular weight is 415 g/mol. The molecule has 1 aliphatic heterocycles. The van der Waals surface area contributed by atoms with Crippen molar-refractivity contribution in [2.45, 2.75) is 6.92 Å². The second-order valence-electron chi connectivity index (χ2n) is 5.96. The maximum Gasteiger partial charge on any atom is 0.279 e. The van der Waals surface area contributed by atoms with Gasteiger partial charge in [-0.05, 0) is 30.7 Å². The van der Waals surface area contributed by atoms with Crippen molar-refractivity contribution in [1.29, 1.82) is 0 Å². The van der Waals surface area contributed by atoms with Crippen molar-refractivity contribution in [1.82, 2.24) is 4.98 Å². The monoisotopic (exact) mass is 414 g/mol. The SMILES string of the molecule is Cc1c(Cl)cccc1Nc1nc(O)c(C2=c3cc([N+](=O)[O-])ccc3=NC2=O)s1. The van der Waals surface area contributed by atoms with Crippen LogP contribution >= 0.6 is 22.9 Å². The Hall–Kier alpha value is -3.30. The summed E-state index contributed by atoms with van der Waals surface area (Å²) >= 11 is 7.16. The molecule has 1 aliphatic rings. The first kappa shape index (κ1) is 18.1. The van der Waals surface area contributed by atoms with Crippen LogP contribution in [0, 0.1) is 17.0 Å². The van der Waals surface area contributed by atoms with Crippen LogP contribution in [0.1, 0.15) is 10.4 Å². The highest BCUT2D eigenvalue weighted by Crippen LogP contribution is 2.36. The Morgan fingerprint density at radius 3 is 2.82 bits per heavy atom.